The van der Waals surface area contributed by atoms with E-state index in [9.17, 15) is 4.79 Å². The van der Waals surface area contributed by atoms with Gasteiger partial charge < -0.3 is 24.3 Å². The second-order valence-corrected chi connectivity index (χ2v) is 8.40. The molecule has 2 saturated heterocycles. The van der Waals surface area contributed by atoms with Crippen LogP contribution in [0.5, 0.6) is 0 Å². The fraction of sp³-hybridized carbons (Fsp3) is 0.609. The van der Waals surface area contributed by atoms with E-state index in [1.165, 1.54) is 0 Å². The summed E-state index contributed by atoms with van der Waals surface area (Å²) in [4.78, 5) is 21.1. The number of nitrogens with one attached hydrogen (secondary N) is 1. The molecule has 6 nitrogen and oxygen atoms in total. The number of aromatic amines is 1. The molecule has 2 fully saturated rings. The van der Waals surface area contributed by atoms with Crippen LogP contribution in [0.4, 0.5) is 0 Å². The zero-order valence-corrected chi connectivity index (χ0v) is 17.4. The standard InChI is InChI=1S/C23H33N3O3/c1-28-14-12-25-10-7-18(8-11-25)16-26(17-21-3-2-13-29-21)23(27)20-5-4-19-6-9-24-22(19)15-20/h4-6,9,15,18,21,24H,2-3,7-8,10-14,16-17H2,1H3/t21-/m1/s1. The molecule has 1 aromatic carbocycles. The molecule has 158 valence electrons. The van der Waals surface area contributed by atoms with Crippen LogP contribution in [-0.2, 0) is 9.47 Å². The van der Waals surface area contributed by atoms with Gasteiger partial charge in [-0.05, 0) is 68.3 Å². The highest BCUT2D eigenvalue weighted by Gasteiger charge is 2.28. The number of methoxy groups -OCH3 is 1. The first-order valence-corrected chi connectivity index (χ1v) is 10.9. The lowest BCUT2D eigenvalue weighted by Gasteiger charge is -2.35. The molecule has 1 amide bonds. The highest BCUT2D eigenvalue weighted by molar-refractivity contribution is 5.98. The van der Waals surface area contributed by atoms with Crippen molar-refractivity contribution in [2.24, 2.45) is 5.92 Å². The number of rotatable bonds is 8. The van der Waals surface area contributed by atoms with E-state index >= 15 is 0 Å². The molecule has 2 aliphatic rings. The van der Waals surface area contributed by atoms with Crippen molar-refractivity contribution in [2.45, 2.75) is 31.8 Å². The van der Waals surface area contributed by atoms with Crippen LogP contribution in [0.2, 0.25) is 0 Å². The predicted octanol–water partition coefficient (Wildman–Crippen LogP) is 3.15. The molecule has 1 atom stereocenters. The molecule has 0 aliphatic carbocycles. The predicted molar refractivity (Wildman–Crippen MR) is 114 cm³/mol. The Bertz CT molecular complexity index is 792. The average Bonchev–Trinajstić information content (AvgIpc) is 3.43. The minimum atomic E-state index is 0.124. The van der Waals surface area contributed by atoms with E-state index in [1.807, 2.05) is 30.5 Å². The van der Waals surface area contributed by atoms with Gasteiger partial charge in [-0.2, -0.15) is 0 Å². The SMILES string of the molecule is COCCN1CCC(CN(C[C@H]2CCCO2)C(=O)c2ccc3cc[nH]c3c2)CC1. The van der Waals surface area contributed by atoms with E-state index < -0.39 is 0 Å². The second kappa shape index (κ2) is 9.74. The number of hydrogen-bond acceptors (Lipinski definition) is 4. The third kappa shape index (κ3) is 5.18. The smallest absolute Gasteiger partial charge is 0.254 e. The molecule has 6 heteroatoms. The third-order valence-corrected chi connectivity index (χ3v) is 6.33. The first-order valence-electron chi connectivity index (χ1n) is 10.9. The Morgan fingerprint density at radius 2 is 2.10 bits per heavy atom. The Kier molecular flexibility index (Phi) is 6.85. The van der Waals surface area contributed by atoms with Crippen LogP contribution in [-0.4, -0.2) is 79.8 Å². The number of piperidine rings is 1. The number of benzene rings is 1. The van der Waals surface area contributed by atoms with Gasteiger partial charge in [0, 0.05) is 50.6 Å². The Morgan fingerprint density at radius 1 is 1.24 bits per heavy atom. The first-order chi connectivity index (χ1) is 14.2. The van der Waals surface area contributed by atoms with Crippen molar-refractivity contribution in [2.75, 3.05) is 53.0 Å². The van der Waals surface area contributed by atoms with Crippen LogP contribution in [0.1, 0.15) is 36.0 Å². The van der Waals surface area contributed by atoms with Crippen molar-refractivity contribution in [3.8, 4) is 0 Å². The van der Waals surface area contributed by atoms with Gasteiger partial charge in [0.1, 0.15) is 0 Å². The number of likely N-dealkylation sites (tertiary alicyclic amines) is 1. The number of ether oxygens (including phenoxy) is 2. The van der Waals surface area contributed by atoms with Crippen molar-refractivity contribution >= 4 is 16.8 Å². The fourth-order valence-corrected chi connectivity index (χ4v) is 4.56. The average molecular weight is 400 g/mol. The number of H-pyrrole nitrogens is 1. The molecule has 4 rings (SSSR count). The molecule has 29 heavy (non-hydrogen) atoms. The minimum absolute atomic E-state index is 0.124. The monoisotopic (exact) mass is 399 g/mol. The number of amides is 1. The zero-order valence-electron chi connectivity index (χ0n) is 17.4. The molecule has 1 aromatic heterocycles. The van der Waals surface area contributed by atoms with Gasteiger partial charge in [0.25, 0.3) is 5.91 Å². The Hall–Kier alpha value is -1.89. The summed E-state index contributed by atoms with van der Waals surface area (Å²) in [7, 11) is 1.76. The second-order valence-electron chi connectivity index (χ2n) is 8.40. The largest absolute Gasteiger partial charge is 0.383 e. The molecule has 0 spiro atoms. The summed E-state index contributed by atoms with van der Waals surface area (Å²) >= 11 is 0. The van der Waals surface area contributed by atoms with Crippen molar-refractivity contribution in [1.29, 1.82) is 0 Å². The molecule has 0 bridgehead atoms. The highest BCUT2D eigenvalue weighted by atomic mass is 16.5. The number of nitrogens with zero attached hydrogens (tertiary/aromatic N) is 2. The number of carbonyl (C=O) groups excluding carboxylic acids is 1. The van der Waals surface area contributed by atoms with Crippen LogP contribution in [0.25, 0.3) is 10.9 Å². The Labute approximate surface area is 173 Å². The molecule has 2 aromatic rings. The maximum atomic E-state index is 13.4. The van der Waals surface area contributed by atoms with Crippen LogP contribution < -0.4 is 0 Å². The van der Waals surface area contributed by atoms with Crippen molar-refractivity contribution < 1.29 is 14.3 Å². The molecular weight excluding hydrogens is 366 g/mol. The van der Waals surface area contributed by atoms with Crippen molar-refractivity contribution in [3.05, 3.63) is 36.0 Å². The lowest BCUT2D eigenvalue weighted by Crippen LogP contribution is -2.44. The first kappa shape index (κ1) is 20.4. The Morgan fingerprint density at radius 3 is 2.86 bits per heavy atom. The summed E-state index contributed by atoms with van der Waals surface area (Å²) in [6.45, 7) is 6.30. The van der Waals surface area contributed by atoms with Crippen molar-refractivity contribution in [3.63, 3.8) is 0 Å². The number of fused-ring (bicyclic) bond motifs is 1. The molecule has 3 heterocycles. The molecule has 0 saturated carbocycles. The van der Waals surface area contributed by atoms with Crippen LogP contribution in [0.15, 0.2) is 30.5 Å². The van der Waals surface area contributed by atoms with E-state index in [4.69, 9.17) is 9.47 Å². The molecule has 0 radical (unpaired) electrons. The topological polar surface area (TPSA) is 57.8 Å². The lowest BCUT2D eigenvalue weighted by atomic mass is 9.95. The van der Waals surface area contributed by atoms with Gasteiger partial charge in [-0.15, -0.1) is 0 Å². The van der Waals surface area contributed by atoms with E-state index in [0.29, 0.717) is 12.5 Å². The summed E-state index contributed by atoms with van der Waals surface area (Å²) in [5, 5.41) is 1.13. The quantitative estimate of drug-likeness (QED) is 0.741. The summed E-state index contributed by atoms with van der Waals surface area (Å²) in [6.07, 6.45) is 6.51. The van der Waals surface area contributed by atoms with Gasteiger partial charge in [-0.1, -0.05) is 6.07 Å². The summed E-state index contributed by atoms with van der Waals surface area (Å²) in [5.74, 6) is 0.673. The van der Waals surface area contributed by atoms with E-state index in [1.54, 1.807) is 7.11 Å². The van der Waals surface area contributed by atoms with Gasteiger partial charge in [0.15, 0.2) is 0 Å². The van der Waals surface area contributed by atoms with Gasteiger partial charge >= 0.3 is 0 Å². The van der Waals surface area contributed by atoms with Gasteiger partial charge in [0.2, 0.25) is 0 Å². The maximum Gasteiger partial charge on any atom is 0.254 e. The van der Waals surface area contributed by atoms with E-state index in [-0.39, 0.29) is 12.0 Å². The number of aromatic nitrogens is 1. The van der Waals surface area contributed by atoms with Gasteiger partial charge in [-0.3, -0.25) is 4.79 Å². The van der Waals surface area contributed by atoms with Crippen LogP contribution >= 0.6 is 0 Å². The zero-order chi connectivity index (χ0) is 20.1. The Balaban J connectivity index is 1.42. The van der Waals surface area contributed by atoms with Crippen LogP contribution in [0.3, 0.4) is 0 Å². The summed E-state index contributed by atoms with van der Waals surface area (Å²) in [5.41, 5.74) is 1.77. The molecule has 0 unspecified atom stereocenters. The maximum absolute atomic E-state index is 13.4. The molecule has 1 N–H and O–H groups in total. The summed E-state index contributed by atoms with van der Waals surface area (Å²) < 4.78 is 11.1. The van der Waals surface area contributed by atoms with E-state index in [2.05, 4.69) is 14.8 Å². The molecular formula is C23H33N3O3. The normalized spacial score (nSPS) is 21.1. The van der Waals surface area contributed by atoms with E-state index in [0.717, 1.165) is 81.5 Å². The third-order valence-electron chi connectivity index (χ3n) is 6.33. The van der Waals surface area contributed by atoms with Gasteiger partial charge in [-0.25, -0.2) is 0 Å². The lowest BCUT2D eigenvalue weighted by molar-refractivity contribution is 0.0437. The highest BCUT2D eigenvalue weighted by Crippen LogP contribution is 2.23. The summed E-state index contributed by atoms with van der Waals surface area (Å²) in [6, 6.07) is 7.99. The molecule has 2 aliphatic heterocycles. The van der Waals surface area contributed by atoms with Crippen LogP contribution in [0, 0.1) is 5.92 Å². The minimum Gasteiger partial charge on any atom is -0.383 e. The number of carbonyl (C=O) groups is 1. The number of hydrogen-bond donors (Lipinski definition) is 1. The fourth-order valence-electron chi connectivity index (χ4n) is 4.56. The van der Waals surface area contributed by atoms with Gasteiger partial charge in [0.05, 0.1) is 12.7 Å². The van der Waals surface area contributed by atoms with Crippen molar-refractivity contribution in [1.82, 2.24) is 14.8 Å².